The summed E-state index contributed by atoms with van der Waals surface area (Å²) in [6.07, 6.45) is 1.56. The highest BCUT2D eigenvalue weighted by Gasteiger charge is 2.26. The summed E-state index contributed by atoms with van der Waals surface area (Å²) in [5.74, 6) is 0.233. The highest BCUT2D eigenvalue weighted by Crippen LogP contribution is 2.28. The van der Waals surface area contributed by atoms with E-state index in [9.17, 15) is 4.79 Å². The molecule has 5 heteroatoms. The maximum Gasteiger partial charge on any atom is 0.231 e. The van der Waals surface area contributed by atoms with Crippen LogP contribution in [0.25, 0.3) is 0 Å². The fraction of sp³-hybridized carbons (Fsp3) is 0.381. The molecule has 26 heavy (non-hydrogen) atoms. The second kappa shape index (κ2) is 7.68. The zero-order valence-electron chi connectivity index (χ0n) is 14.9. The Morgan fingerprint density at radius 3 is 2.54 bits per heavy atom. The van der Waals surface area contributed by atoms with Crippen LogP contribution in [0.3, 0.4) is 0 Å². The number of rotatable bonds is 5. The van der Waals surface area contributed by atoms with Crippen LogP contribution in [0.5, 0.6) is 0 Å². The summed E-state index contributed by atoms with van der Waals surface area (Å²) in [7, 11) is 0. The predicted molar refractivity (Wildman–Crippen MR) is 107 cm³/mol. The van der Waals surface area contributed by atoms with Gasteiger partial charge in [0.15, 0.2) is 0 Å². The molecule has 1 fully saturated rings. The van der Waals surface area contributed by atoms with E-state index in [0.29, 0.717) is 6.42 Å². The summed E-state index contributed by atoms with van der Waals surface area (Å²) < 4.78 is 0. The van der Waals surface area contributed by atoms with Gasteiger partial charge in [-0.1, -0.05) is 35.9 Å². The van der Waals surface area contributed by atoms with E-state index in [1.807, 2.05) is 35.2 Å². The molecule has 0 spiro atoms. The topological polar surface area (TPSA) is 26.8 Å². The lowest BCUT2D eigenvalue weighted by Crippen LogP contribution is -2.47. The minimum atomic E-state index is 0.233. The molecule has 0 unspecified atom stereocenters. The number of carbonyl (C=O) groups is 1. The van der Waals surface area contributed by atoms with Crippen molar-refractivity contribution in [2.24, 2.45) is 0 Å². The molecule has 2 aromatic carbocycles. The van der Waals surface area contributed by atoms with Crippen molar-refractivity contribution >= 4 is 28.9 Å². The molecule has 4 rings (SSSR count). The normalized spacial score (nSPS) is 17.7. The number of hydrogen-bond donors (Lipinski definition) is 0. The molecule has 0 radical (unpaired) electrons. The van der Waals surface area contributed by atoms with Gasteiger partial charge in [0.05, 0.1) is 6.42 Å². The predicted octanol–water partition coefficient (Wildman–Crippen LogP) is 3.44. The maximum atomic E-state index is 12.2. The first-order valence-corrected chi connectivity index (χ1v) is 9.70. The van der Waals surface area contributed by atoms with Gasteiger partial charge in [-0.15, -0.1) is 0 Å². The Balaban J connectivity index is 1.25. The van der Waals surface area contributed by atoms with Crippen LogP contribution < -0.4 is 9.80 Å². The first-order valence-electron chi connectivity index (χ1n) is 9.32. The number of piperazine rings is 1. The SMILES string of the molecule is O=C1Cc2ccccc2N1CCCN1CCN(c2cccc(Cl)c2)CC1. The van der Waals surface area contributed by atoms with Gasteiger partial charge in [0, 0.05) is 49.1 Å². The van der Waals surface area contributed by atoms with Crippen LogP contribution in [0, 0.1) is 0 Å². The molecular weight excluding hydrogens is 346 g/mol. The Hall–Kier alpha value is -2.04. The van der Waals surface area contributed by atoms with E-state index in [1.54, 1.807) is 0 Å². The quantitative estimate of drug-likeness (QED) is 0.807. The number of fused-ring (bicyclic) bond motifs is 1. The van der Waals surface area contributed by atoms with Crippen LogP contribution in [0.15, 0.2) is 48.5 Å². The Labute approximate surface area is 160 Å². The summed E-state index contributed by atoms with van der Waals surface area (Å²) >= 11 is 6.10. The van der Waals surface area contributed by atoms with Crippen molar-refractivity contribution in [3.8, 4) is 0 Å². The highest BCUT2D eigenvalue weighted by atomic mass is 35.5. The van der Waals surface area contributed by atoms with Crippen LogP contribution in [-0.4, -0.2) is 50.1 Å². The van der Waals surface area contributed by atoms with Crippen molar-refractivity contribution < 1.29 is 4.79 Å². The molecule has 0 atom stereocenters. The third-order valence-corrected chi connectivity index (χ3v) is 5.56. The summed E-state index contributed by atoms with van der Waals surface area (Å²) in [5.41, 5.74) is 3.47. The van der Waals surface area contributed by atoms with Gasteiger partial charge in [-0.2, -0.15) is 0 Å². The van der Waals surface area contributed by atoms with E-state index in [1.165, 1.54) is 5.69 Å². The maximum absolute atomic E-state index is 12.2. The summed E-state index contributed by atoms with van der Waals surface area (Å²) in [6, 6.07) is 16.2. The van der Waals surface area contributed by atoms with Crippen molar-refractivity contribution in [1.29, 1.82) is 0 Å². The molecule has 4 nitrogen and oxygen atoms in total. The van der Waals surface area contributed by atoms with Crippen LogP contribution in [-0.2, 0) is 11.2 Å². The lowest BCUT2D eigenvalue weighted by atomic mass is 10.2. The molecule has 0 aromatic heterocycles. The van der Waals surface area contributed by atoms with Crippen LogP contribution in [0.1, 0.15) is 12.0 Å². The molecule has 0 bridgehead atoms. The molecule has 0 aliphatic carbocycles. The number of nitrogens with zero attached hydrogens (tertiary/aromatic N) is 3. The zero-order valence-corrected chi connectivity index (χ0v) is 15.7. The number of carbonyl (C=O) groups excluding carboxylic acids is 1. The number of benzene rings is 2. The van der Waals surface area contributed by atoms with Crippen molar-refractivity contribution in [2.75, 3.05) is 49.1 Å². The molecule has 2 aliphatic rings. The number of para-hydroxylation sites is 1. The van der Waals surface area contributed by atoms with Crippen molar-refractivity contribution in [3.05, 3.63) is 59.1 Å². The molecule has 1 amide bonds. The standard InChI is InChI=1S/C21H24ClN3O/c22-18-6-3-7-19(16-18)24-13-11-23(12-14-24)9-4-10-25-20-8-2-1-5-17(20)15-21(25)26/h1-3,5-8,16H,4,9-15H2. The lowest BCUT2D eigenvalue weighted by Gasteiger charge is -2.36. The number of hydrogen-bond acceptors (Lipinski definition) is 3. The monoisotopic (exact) mass is 369 g/mol. The number of anilines is 2. The molecule has 2 aromatic rings. The van der Waals surface area contributed by atoms with Crippen molar-refractivity contribution in [3.63, 3.8) is 0 Å². The smallest absolute Gasteiger partial charge is 0.231 e. The van der Waals surface area contributed by atoms with Gasteiger partial charge < -0.3 is 9.80 Å². The van der Waals surface area contributed by atoms with Crippen molar-refractivity contribution in [2.45, 2.75) is 12.8 Å². The van der Waals surface area contributed by atoms with Gasteiger partial charge in [-0.05, 0) is 42.8 Å². The summed E-state index contributed by atoms with van der Waals surface area (Å²) in [5, 5.41) is 0.792. The van der Waals surface area contributed by atoms with E-state index in [0.717, 1.165) is 62.0 Å². The summed E-state index contributed by atoms with van der Waals surface area (Å²) in [4.78, 5) is 19.1. The average Bonchev–Trinajstić information content (AvgIpc) is 2.98. The van der Waals surface area contributed by atoms with Crippen LogP contribution >= 0.6 is 11.6 Å². The molecule has 2 heterocycles. The Morgan fingerprint density at radius 2 is 1.73 bits per heavy atom. The molecule has 136 valence electrons. The van der Waals surface area contributed by atoms with E-state index in [4.69, 9.17) is 11.6 Å². The largest absolute Gasteiger partial charge is 0.369 e. The van der Waals surface area contributed by atoms with Gasteiger partial charge in [0.1, 0.15) is 0 Å². The molecule has 0 saturated carbocycles. The third kappa shape index (κ3) is 3.71. The second-order valence-corrected chi connectivity index (χ2v) is 7.45. The Morgan fingerprint density at radius 1 is 0.923 bits per heavy atom. The van der Waals surface area contributed by atoms with Crippen LogP contribution in [0.4, 0.5) is 11.4 Å². The fourth-order valence-corrected chi connectivity index (χ4v) is 4.10. The average molecular weight is 370 g/mol. The number of amides is 1. The van der Waals surface area contributed by atoms with Gasteiger partial charge in [-0.25, -0.2) is 0 Å². The molecular formula is C21H24ClN3O. The zero-order chi connectivity index (χ0) is 17.9. The minimum absolute atomic E-state index is 0.233. The molecule has 1 saturated heterocycles. The first-order chi connectivity index (χ1) is 12.7. The lowest BCUT2D eigenvalue weighted by molar-refractivity contribution is -0.117. The van der Waals surface area contributed by atoms with E-state index in [-0.39, 0.29) is 5.91 Å². The van der Waals surface area contributed by atoms with Crippen LogP contribution in [0.2, 0.25) is 5.02 Å². The van der Waals surface area contributed by atoms with E-state index < -0.39 is 0 Å². The molecule has 2 aliphatic heterocycles. The molecule has 0 N–H and O–H groups in total. The van der Waals surface area contributed by atoms with Gasteiger partial charge in [0.2, 0.25) is 5.91 Å². The second-order valence-electron chi connectivity index (χ2n) is 7.01. The fourth-order valence-electron chi connectivity index (χ4n) is 3.92. The van der Waals surface area contributed by atoms with Crippen molar-refractivity contribution in [1.82, 2.24) is 4.90 Å². The van der Waals surface area contributed by atoms with E-state index in [2.05, 4.69) is 28.0 Å². The first kappa shape index (κ1) is 17.4. The van der Waals surface area contributed by atoms with Gasteiger partial charge in [-0.3, -0.25) is 9.69 Å². The number of halogens is 1. The third-order valence-electron chi connectivity index (χ3n) is 5.33. The highest BCUT2D eigenvalue weighted by molar-refractivity contribution is 6.30. The van der Waals surface area contributed by atoms with Gasteiger partial charge >= 0.3 is 0 Å². The Bertz CT molecular complexity index is 786. The van der Waals surface area contributed by atoms with Gasteiger partial charge in [0.25, 0.3) is 0 Å². The minimum Gasteiger partial charge on any atom is -0.369 e. The van der Waals surface area contributed by atoms with E-state index >= 15 is 0 Å². The Kier molecular flexibility index (Phi) is 5.14. The summed E-state index contributed by atoms with van der Waals surface area (Å²) in [6.45, 7) is 5.99.